The Kier molecular flexibility index (Phi) is 4.77. The molecule has 116 valence electrons. The second kappa shape index (κ2) is 6.75. The van der Waals surface area contributed by atoms with Gasteiger partial charge in [0.25, 0.3) is 5.91 Å². The molecule has 0 spiro atoms. The fraction of sp³-hybridized carbons (Fsp3) is 0.267. The van der Waals surface area contributed by atoms with Crippen LogP contribution < -0.4 is 5.32 Å². The lowest BCUT2D eigenvalue weighted by molar-refractivity contribution is -0.124. The van der Waals surface area contributed by atoms with E-state index in [0.717, 1.165) is 0 Å². The van der Waals surface area contributed by atoms with E-state index >= 15 is 0 Å². The molecule has 1 amide bonds. The quantitative estimate of drug-likeness (QED) is 0.822. The molecule has 0 bridgehead atoms. The molecule has 0 unspecified atom stereocenters. The number of carbonyl (C=O) groups is 2. The van der Waals surface area contributed by atoms with Gasteiger partial charge in [0.1, 0.15) is 17.1 Å². The molecule has 2 N–H and O–H groups in total. The van der Waals surface area contributed by atoms with Crippen molar-refractivity contribution in [2.45, 2.75) is 26.4 Å². The smallest absolute Gasteiger partial charge is 0.342 e. The van der Waals surface area contributed by atoms with Gasteiger partial charge in [-0.3, -0.25) is 4.79 Å². The molecule has 1 aromatic carbocycles. The average Bonchev–Trinajstić information content (AvgIpc) is 2.90. The molecule has 1 atom stereocenters. The molecule has 7 heteroatoms. The fourth-order valence-corrected chi connectivity index (χ4v) is 1.79. The Balaban J connectivity index is 2.04. The van der Waals surface area contributed by atoms with E-state index in [2.05, 4.69) is 10.5 Å². The third-order valence-electron chi connectivity index (χ3n) is 2.92. The minimum absolute atomic E-state index is 0.00558. The summed E-state index contributed by atoms with van der Waals surface area (Å²) in [5, 5.41) is 15.8. The second-order valence-electron chi connectivity index (χ2n) is 4.63. The van der Waals surface area contributed by atoms with Crippen LogP contribution in [0, 0.1) is 6.92 Å². The molecular weight excluding hydrogens is 288 g/mol. The summed E-state index contributed by atoms with van der Waals surface area (Å²) in [5.41, 5.74) is 0.00558. The third-order valence-corrected chi connectivity index (χ3v) is 2.92. The van der Waals surface area contributed by atoms with Crippen LogP contribution in [0.3, 0.4) is 0 Å². The first kappa shape index (κ1) is 15.6. The first-order valence-electron chi connectivity index (χ1n) is 6.74. The van der Waals surface area contributed by atoms with E-state index in [0.29, 0.717) is 5.76 Å². The van der Waals surface area contributed by atoms with Gasteiger partial charge in [-0.2, -0.15) is 0 Å². The summed E-state index contributed by atoms with van der Waals surface area (Å²) in [6.45, 7) is 3.40. The number of para-hydroxylation sites is 1. The number of phenolic OH excluding ortho intramolecular Hbond substituents is 1. The van der Waals surface area contributed by atoms with Gasteiger partial charge in [-0.1, -0.05) is 24.2 Å². The predicted octanol–water partition coefficient (Wildman–Crippen LogP) is 2.26. The van der Waals surface area contributed by atoms with Gasteiger partial charge in [0, 0.05) is 6.07 Å². The monoisotopic (exact) mass is 304 g/mol. The fourth-order valence-electron chi connectivity index (χ4n) is 1.79. The minimum atomic E-state index is -0.996. The third kappa shape index (κ3) is 3.63. The van der Waals surface area contributed by atoms with Crippen LogP contribution in [-0.4, -0.2) is 28.2 Å². The maximum Gasteiger partial charge on any atom is 0.342 e. The highest BCUT2D eigenvalue weighted by Crippen LogP contribution is 2.18. The number of ether oxygens (including phenoxy) is 1. The summed E-state index contributed by atoms with van der Waals surface area (Å²) in [6, 6.07) is 7.52. The van der Waals surface area contributed by atoms with Crippen LogP contribution >= 0.6 is 0 Å². The standard InChI is InChI=1S/C15H16N2O5/c1-3-12(14(19)16-13-8-9(2)22-17-13)21-15(20)10-6-4-5-7-11(10)18/h4-8,12,18H,3H2,1-2H3,(H,16,17,19)/t12-/m0/s1. The zero-order valence-electron chi connectivity index (χ0n) is 12.2. The summed E-state index contributed by atoms with van der Waals surface area (Å²) in [4.78, 5) is 24.1. The van der Waals surface area contributed by atoms with Crippen molar-refractivity contribution in [1.29, 1.82) is 0 Å². The van der Waals surface area contributed by atoms with Crippen LogP contribution in [0.2, 0.25) is 0 Å². The highest BCUT2D eigenvalue weighted by atomic mass is 16.5. The summed E-state index contributed by atoms with van der Waals surface area (Å²) in [5.74, 6) is -0.681. The number of hydrogen-bond donors (Lipinski definition) is 2. The van der Waals surface area contributed by atoms with Crippen molar-refractivity contribution in [3.05, 3.63) is 41.7 Å². The van der Waals surface area contributed by atoms with E-state index in [1.54, 1.807) is 32.0 Å². The van der Waals surface area contributed by atoms with Crippen molar-refractivity contribution in [2.24, 2.45) is 0 Å². The van der Waals surface area contributed by atoms with Gasteiger partial charge in [0.15, 0.2) is 11.9 Å². The molecule has 0 radical (unpaired) electrons. The molecule has 22 heavy (non-hydrogen) atoms. The summed E-state index contributed by atoms with van der Waals surface area (Å²) in [7, 11) is 0. The van der Waals surface area contributed by atoms with Crippen molar-refractivity contribution >= 4 is 17.7 Å². The van der Waals surface area contributed by atoms with E-state index in [4.69, 9.17) is 9.26 Å². The van der Waals surface area contributed by atoms with Crippen LogP contribution in [0.1, 0.15) is 29.5 Å². The molecule has 2 rings (SSSR count). The Morgan fingerprint density at radius 1 is 1.41 bits per heavy atom. The lowest BCUT2D eigenvalue weighted by atomic mass is 10.2. The number of carbonyl (C=O) groups excluding carboxylic acids is 2. The van der Waals surface area contributed by atoms with Crippen LogP contribution in [0.15, 0.2) is 34.9 Å². The van der Waals surface area contributed by atoms with Gasteiger partial charge in [0.2, 0.25) is 0 Å². The summed E-state index contributed by atoms with van der Waals surface area (Å²) in [6.07, 6.45) is -0.716. The molecule has 0 aliphatic heterocycles. The molecule has 0 saturated heterocycles. The lowest BCUT2D eigenvalue weighted by Crippen LogP contribution is -2.32. The van der Waals surface area contributed by atoms with Crippen molar-refractivity contribution in [1.82, 2.24) is 5.16 Å². The van der Waals surface area contributed by atoms with E-state index < -0.39 is 18.0 Å². The van der Waals surface area contributed by atoms with Crippen molar-refractivity contribution in [3.63, 3.8) is 0 Å². The maximum absolute atomic E-state index is 12.1. The Morgan fingerprint density at radius 2 is 2.14 bits per heavy atom. The average molecular weight is 304 g/mol. The largest absolute Gasteiger partial charge is 0.507 e. The number of anilines is 1. The molecule has 2 aromatic rings. The lowest BCUT2D eigenvalue weighted by Gasteiger charge is -2.15. The predicted molar refractivity (Wildman–Crippen MR) is 77.5 cm³/mol. The van der Waals surface area contributed by atoms with Gasteiger partial charge < -0.3 is 19.7 Å². The van der Waals surface area contributed by atoms with Crippen molar-refractivity contribution in [3.8, 4) is 5.75 Å². The zero-order valence-corrected chi connectivity index (χ0v) is 12.2. The van der Waals surface area contributed by atoms with Crippen LogP contribution in [0.4, 0.5) is 5.82 Å². The number of amides is 1. The first-order chi connectivity index (χ1) is 10.5. The van der Waals surface area contributed by atoms with E-state index in [9.17, 15) is 14.7 Å². The Bertz CT molecular complexity index is 680. The molecule has 0 saturated carbocycles. The highest BCUT2D eigenvalue weighted by Gasteiger charge is 2.24. The van der Waals surface area contributed by atoms with Crippen LogP contribution in [0.5, 0.6) is 5.75 Å². The number of aromatic nitrogens is 1. The number of benzene rings is 1. The van der Waals surface area contributed by atoms with E-state index in [1.807, 2.05) is 0 Å². The zero-order chi connectivity index (χ0) is 16.1. The first-order valence-corrected chi connectivity index (χ1v) is 6.74. The maximum atomic E-state index is 12.1. The Hall–Kier alpha value is -2.83. The summed E-state index contributed by atoms with van der Waals surface area (Å²) >= 11 is 0. The Morgan fingerprint density at radius 3 is 2.73 bits per heavy atom. The molecule has 0 aliphatic rings. The topological polar surface area (TPSA) is 102 Å². The van der Waals surface area contributed by atoms with Crippen molar-refractivity contribution in [2.75, 3.05) is 5.32 Å². The number of nitrogens with one attached hydrogen (secondary N) is 1. The number of rotatable bonds is 5. The Labute approximate surface area is 126 Å². The van der Waals surface area contributed by atoms with Gasteiger partial charge in [-0.25, -0.2) is 4.79 Å². The van der Waals surface area contributed by atoms with Crippen LogP contribution in [0.25, 0.3) is 0 Å². The second-order valence-corrected chi connectivity index (χ2v) is 4.63. The normalized spacial score (nSPS) is 11.7. The van der Waals surface area contributed by atoms with Gasteiger partial charge in [0.05, 0.1) is 0 Å². The molecule has 1 aromatic heterocycles. The highest BCUT2D eigenvalue weighted by molar-refractivity contribution is 5.98. The van der Waals surface area contributed by atoms with Gasteiger partial charge in [-0.15, -0.1) is 0 Å². The van der Waals surface area contributed by atoms with E-state index in [1.165, 1.54) is 12.1 Å². The minimum Gasteiger partial charge on any atom is -0.507 e. The molecule has 0 aliphatic carbocycles. The molecule has 0 fully saturated rings. The van der Waals surface area contributed by atoms with Gasteiger partial charge in [-0.05, 0) is 25.5 Å². The van der Waals surface area contributed by atoms with Crippen molar-refractivity contribution < 1.29 is 24.0 Å². The number of phenols is 1. The number of hydrogen-bond acceptors (Lipinski definition) is 6. The summed E-state index contributed by atoms with van der Waals surface area (Å²) < 4.78 is 9.98. The van der Waals surface area contributed by atoms with E-state index in [-0.39, 0.29) is 23.6 Å². The van der Waals surface area contributed by atoms with Gasteiger partial charge >= 0.3 is 5.97 Å². The number of esters is 1. The van der Waals surface area contributed by atoms with Crippen LogP contribution in [-0.2, 0) is 9.53 Å². The molecular formula is C15H16N2O5. The SMILES string of the molecule is CC[C@H](OC(=O)c1ccccc1O)C(=O)Nc1cc(C)on1. The molecule has 1 heterocycles. The number of aromatic hydroxyl groups is 1. The number of aryl methyl sites for hydroxylation is 1. The number of nitrogens with zero attached hydrogens (tertiary/aromatic N) is 1. The molecule has 7 nitrogen and oxygen atoms in total.